The van der Waals surface area contributed by atoms with Crippen molar-refractivity contribution in [2.75, 3.05) is 33.4 Å². The lowest BCUT2D eigenvalue weighted by Gasteiger charge is -2.34. The molecule has 1 heterocycles. The van der Waals surface area contributed by atoms with Gasteiger partial charge in [-0.05, 0) is 61.4 Å². The van der Waals surface area contributed by atoms with E-state index in [1.807, 2.05) is 0 Å². The molecule has 1 unspecified atom stereocenters. The van der Waals surface area contributed by atoms with E-state index in [0.29, 0.717) is 29.2 Å². The minimum atomic E-state index is -0.413. The average molecular weight is 454 g/mol. The number of ether oxygens (including phenoxy) is 2. The van der Waals surface area contributed by atoms with Gasteiger partial charge in [-0.3, -0.25) is 4.79 Å². The molecule has 1 aliphatic rings. The van der Waals surface area contributed by atoms with E-state index in [2.05, 4.69) is 16.3 Å². The SMILES string of the molecule is COc1ccc(C#N)cc1/C=C/C(=O)NC(CO)CN1CCC(Oc2ccc(F)cc2)CC1. The summed E-state index contributed by atoms with van der Waals surface area (Å²) in [5.41, 5.74) is 1.09. The molecule has 3 rings (SSSR count). The van der Waals surface area contributed by atoms with Gasteiger partial charge >= 0.3 is 0 Å². The number of halogens is 1. The predicted molar refractivity (Wildman–Crippen MR) is 122 cm³/mol. The summed E-state index contributed by atoms with van der Waals surface area (Å²) in [7, 11) is 1.52. The Kier molecular flexibility index (Phi) is 8.81. The Hall–Kier alpha value is -3.41. The molecule has 0 saturated carbocycles. The van der Waals surface area contributed by atoms with Crippen molar-refractivity contribution in [3.8, 4) is 17.6 Å². The number of carbonyl (C=O) groups excluding carboxylic acids is 1. The largest absolute Gasteiger partial charge is 0.496 e. The number of benzene rings is 2. The van der Waals surface area contributed by atoms with E-state index in [-0.39, 0.29) is 24.4 Å². The highest BCUT2D eigenvalue weighted by Crippen LogP contribution is 2.21. The van der Waals surface area contributed by atoms with Crippen LogP contribution < -0.4 is 14.8 Å². The van der Waals surface area contributed by atoms with Crippen LogP contribution in [0.5, 0.6) is 11.5 Å². The first-order valence-electron chi connectivity index (χ1n) is 10.8. The summed E-state index contributed by atoms with van der Waals surface area (Å²) in [6.45, 7) is 1.88. The molecule has 174 valence electrons. The Morgan fingerprint density at radius 1 is 1.30 bits per heavy atom. The second-order valence-corrected chi connectivity index (χ2v) is 7.86. The lowest BCUT2D eigenvalue weighted by atomic mass is 10.1. The number of aliphatic hydroxyl groups is 1. The highest BCUT2D eigenvalue weighted by molar-refractivity contribution is 5.92. The second-order valence-electron chi connectivity index (χ2n) is 7.86. The first-order valence-corrected chi connectivity index (χ1v) is 10.8. The van der Waals surface area contributed by atoms with Crippen molar-refractivity contribution >= 4 is 12.0 Å². The topological polar surface area (TPSA) is 94.8 Å². The molecule has 1 amide bonds. The lowest BCUT2D eigenvalue weighted by molar-refractivity contribution is -0.117. The zero-order valence-electron chi connectivity index (χ0n) is 18.5. The van der Waals surface area contributed by atoms with Crippen LogP contribution in [0.1, 0.15) is 24.0 Å². The maximum absolute atomic E-state index is 13.0. The zero-order valence-corrected chi connectivity index (χ0v) is 18.5. The van der Waals surface area contributed by atoms with Gasteiger partial charge in [-0.1, -0.05) is 0 Å². The standard InChI is InChI=1S/C25H28FN3O4/c1-32-24-8-2-18(15-27)14-19(24)3-9-25(31)28-21(17-30)16-29-12-10-23(11-13-29)33-22-6-4-20(26)5-7-22/h2-9,14,21,23,30H,10-13,16-17H2,1H3,(H,28,31)/b9-3+. The lowest BCUT2D eigenvalue weighted by Crippen LogP contribution is -2.48. The molecule has 1 atom stereocenters. The number of hydrogen-bond donors (Lipinski definition) is 2. The van der Waals surface area contributed by atoms with E-state index in [4.69, 9.17) is 14.7 Å². The number of aliphatic hydroxyl groups excluding tert-OH is 1. The Labute approximate surface area is 193 Å². The molecule has 1 aliphatic heterocycles. The van der Waals surface area contributed by atoms with E-state index in [1.165, 1.54) is 25.3 Å². The Bertz CT molecular complexity index is 996. The molecular formula is C25H28FN3O4. The van der Waals surface area contributed by atoms with Gasteiger partial charge in [0.25, 0.3) is 0 Å². The van der Waals surface area contributed by atoms with E-state index >= 15 is 0 Å². The van der Waals surface area contributed by atoms with Gasteiger partial charge in [0, 0.05) is 31.3 Å². The van der Waals surface area contributed by atoms with Gasteiger partial charge in [-0.2, -0.15) is 5.26 Å². The highest BCUT2D eigenvalue weighted by Gasteiger charge is 2.23. The van der Waals surface area contributed by atoms with Crippen LogP contribution in [0.2, 0.25) is 0 Å². The van der Waals surface area contributed by atoms with Crippen LogP contribution in [0.3, 0.4) is 0 Å². The molecule has 0 spiro atoms. The summed E-state index contributed by atoms with van der Waals surface area (Å²) in [5, 5.41) is 21.6. The maximum Gasteiger partial charge on any atom is 0.244 e. The Morgan fingerprint density at radius 3 is 2.67 bits per heavy atom. The normalized spacial score (nSPS) is 15.7. The van der Waals surface area contributed by atoms with Crippen LogP contribution in [0.4, 0.5) is 4.39 Å². The summed E-state index contributed by atoms with van der Waals surface area (Å²) in [6, 6.07) is 12.6. The monoisotopic (exact) mass is 453 g/mol. The third kappa shape index (κ3) is 7.31. The van der Waals surface area contributed by atoms with Crippen molar-refractivity contribution in [3.63, 3.8) is 0 Å². The number of piperidine rings is 1. The maximum atomic E-state index is 13.0. The summed E-state index contributed by atoms with van der Waals surface area (Å²) in [6.07, 6.45) is 4.61. The van der Waals surface area contributed by atoms with Crippen LogP contribution in [-0.2, 0) is 4.79 Å². The first kappa shape index (κ1) is 24.2. The number of methoxy groups -OCH3 is 1. The van der Waals surface area contributed by atoms with Crippen molar-refractivity contribution in [1.29, 1.82) is 5.26 Å². The van der Waals surface area contributed by atoms with Gasteiger partial charge in [0.15, 0.2) is 0 Å². The van der Waals surface area contributed by atoms with E-state index < -0.39 is 6.04 Å². The predicted octanol–water partition coefficient (Wildman–Crippen LogP) is 2.74. The zero-order chi connectivity index (χ0) is 23.6. The van der Waals surface area contributed by atoms with Gasteiger partial charge in [0.2, 0.25) is 5.91 Å². The quantitative estimate of drug-likeness (QED) is 0.567. The molecule has 1 fully saturated rings. The average Bonchev–Trinajstić information content (AvgIpc) is 2.84. The van der Waals surface area contributed by atoms with Crippen molar-refractivity contribution in [3.05, 3.63) is 65.5 Å². The summed E-state index contributed by atoms with van der Waals surface area (Å²) in [4.78, 5) is 14.6. The molecule has 2 N–H and O–H groups in total. The molecule has 2 aromatic rings. The van der Waals surface area contributed by atoms with Crippen LogP contribution >= 0.6 is 0 Å². The van der Waals surface area contributed by atoms with Crippen LogP contribution in [0, 0.1) is 17.1 Å². The van der Waals surface area contributed by atoms with Crippen molar-refractivity contribution in [1.82, 2.24) is 10.2 Å². The first-order chi connectivity index (χ1) is 16.0. The number of rotatable bonds is 9. The molecule has 0 bridgehead atoms. The van der Waals surface area contributed by atoms with Crippen LogP contribution in [0.15, 0.2) is 48.5 Å². The fourth-order valence-corrected chi connectivity index (χ4v) is 3.72. The number of nitrogens with one attached hydrogen (secondary N) is 1. The van der Waals surface area contributed by atoms with Crippen LogP contribution in [0.25, 0.3) is 6.08 Å². The minimum Gasteiger partial charge on any atom is -0.496 e. The minimum absolute atomic E-state index is 0.0518. The fourth-order valence-electron chi connectivity index (χ4n) is 3.72. The third-order valence-electron chi connectivity index (χ3n) is 5.47. The Morgan fingerprint density at radius 2 is 2.03 bits per heavy atom. The van der Waals surface area contributed by atoms with Crippen molar-refractivity contribution in [2.24, 2.45) is 0 Å². The summed E-state index contributed by atoms with van der Waals surface area (Å²) >= 11 is 0. The number of amides is 1. The third-order valence-corrected chi connectivity index (χ3v) is 5.47. The van der Waals surface area contributed by atoms with Gasteiger partial charge < -0.3 is 24.8 Å². The molecule has 1 saturated heterocycles. The molecule has 33 heavy (non-hydrogen) atoms. The van der Waals surface area contributed by atoms with Crippen LogP contribution in [-0.4, -0.2) is 61.4 Å². The molecule has 0 radical (unpaired) electrons. The smallest absolute Gasteiger partial charge is 0.244 e. The van der Waals surface area contributed by atoms with Gasteiger partial charge in [0.1, 0.15) is 23.4 Å². The number of likely N-dealkylation sites (tertiary alicyclic amines) is 1. The summed E-state index contributed by atoms with van der Waals surface area (Å²) < 4.78 is 24.2. The van der Waals surface area contributed by atoms with E-state index in [0.717, 1.165) is 25.9 Å². The number of hydrogen-bond acceptors (Lipinski definition) is 6. The fraction of sp³-hybridized carbons (Fsp3) is 0.360. The molecule has 8 heteroatoms. The Balaban J connectivity index is 1.47. The molecule has 2 aromatic carbocycles. The molecule has 7 nitrogen and oxygen atoms in total. The van der Waals surface area contributed by atoms with Gasteiger partial charge in [-0.25, -0.2) is 4.39 Å². The van der Waals surface area contributed by atoms with Gasteiger partial charge in [0.05, 0.1) is 31.4 Å². The van der Waals surface area contributed by atoms with E-state index in [9.17, 15) is 14.3 Å². The van der Waals surface area contributed by atoms with Gasteiger partial charge in [-0.15, -0.1) is 0 Å². The number of nitrogens with zero attached hydrogens (tertiary/aromatic N) is 2. The van der Waals surface area contributed by atoms with Crippen molar-refractivity contribution in [2.45, 2.75) is 25.0 Å². The number of carbonyl (C=O) groups is 1. The van der Waals surface area contributed by atoms with Crippen molar-refractivity contribution < 1.29 is 23.8 Å². The molecule has 0 aliphatic carbocycles. The summed E-state index contributed by atoms with van der Waals surface area (Å²) in [5.74, 6) is 0.577. The second kappa shape index (κ2) is 12.0. The molecule has 0 aromatic heterocycles. The number of nitriles is 1. The van der Waals surface area contributed by atoms with E-state index in [1.54, 1.807) is 36.4 Å². The highest BCUT2D eigenvalue weighted by atomic mass is 19.1. The molecular weight excluding hydrogens is 425 g/mol.